The molecule has 0 aromatic heterocycles. The third-order valence-electron chi connectivity index (χ3n) is 1.84. The van der Waals surface area contributed by atoms with E-state index in [1.165, 1.54) is 0 Å². The van der Waals surface area contributed by atoms with E-state index in [1.54, 1.807) is 0 Å². The van der Waals surface area contributed by atoms with Crippen LogP contribution in [0.5, 0.6) is 0 Å². The van der Waals surface area contributed by atoms with E-state index < -0.39 is 23.5 Å². The fourth-order valence-electron chi connectivity index (χ4n) is 0.722. The standard InChI is InChI=1S/C8H14F3N3O3/c1-7(13,8(9,10)11)6(16)14-2-3-17-4-5(12)15/h2-4,13H2,1H3,(H2,12,15)(H,14,16). The van der Waals surface area contributed by atoms with Crippen LogP contribution < -0.4 is 16.8 Å². The monoisotopic (exact) mass is 257 g/mol. The van der Waals surface area contributed by atoms with Crippen molar-refractivity contribution < 1.29 is 27.5 Å². The molecule has 0 spiro atoms. The number of nitrogens with one attached hydrogen (secondary N) is 1. The van der Waals surface area contributed by atoms with Crippen LogP contribution >= 0.6 is 0 Å². The smallest absolute Gasteiger partial charge is 0.370 e. The van der Waals surface area contributed by atoms with Gasteiger partial charge in [-0.05, 0) is 6.92 Å². The minimum atomic E-state index is -4.84. The van der Waals surface area contributed by atoms with Crippen molar-refractivity contribution in [2.75, 3.05) is 19.8 Å². The Morgan fingerprint density at radius 3 is 2.29 bits per heavy atom. The van der Waals surface area contributed by atoms with Crippen LogP contribution in [0.25, 0.3) is 0 Å². The summed E-state index contributed by atoms with van der Waals surface area (Å²) >= 11 is 0. The van der Waals surface area contributed by atoms with E-state index in [0.717, 1.165) is 0 Å². The molecular formula is C8H14F3N3O3. The number of alkyl halides is 3. The zero-order valence-electron chi connectivity index (χ0n) is 9.13. The van der Waals surface area contributed by atoms with Crippen molar-refractivity contribution in [1.29, 1.82) is 0 Å². The highest BCUT2D eigenvalue weighted by Crippen LogP contribution is 2.27. The van der Waals surface area contributed by atoms with E-state index >= 15 is 0 Å². The van der Waals surface area contributed by atoms with Crippen molar-refractivity contribution >= 4 is 11.8 Å². The molecule has 2 amide bonds. The van der Waals surface area contributed by atoms with E-state index in [9.17, 15) is 22.8 Å². The van der Waals surface area contributed by atoms with Gasteiger partial charge in [0.1, 0.15) is 6.61 Å². The maximum absolute atomic E-state index is 12.3. The number of hydrogen-bond donors (Lipinski definition) is 3. The van der Waals surface area contributed by atoms with Gasteiger partial charge in [0.15, 0.2) is 5.54 Å². The van der Waals surface area contributed by atoms with Crippen LogP contribution in [0.15, 0.2) is 0 Å². The number of halogens is 3. The first-order valence-corrected chi connectivity index (χ1v) is 4.59. The molecule has 0 bridgehead atoms. The summed E-state index contributed by atoms with van der Waals surface area (Å²) in [5.41, 5.74) is 6.63. The highest BCUT2D eigenvalue weighted by Gasteiger charge is 2.53. The van der Waals surface area contributed by atoms with Gasteiger partial charge in [-0.1, -0.05) is 0 Å². The molecule has 1 atom stereocenters. The van der Waals surface area contributed by atoms with Crippen molar-refractivity contribution in [2.45, 2.75) is 18.6 Å². The first kappa shape index (κ1) is 15.7. The molecule has 1 unspecified atom stereocenters. The number of primary amides is 1. The summed E-state index contributed by atoms with van der Waals surface area (Å²) < 4.78 is 41.5. The fourth-order valence-corrected chi connectivity index (χ4v) is 0.722. The van der Waals surface area contributed by atoms with Gasteiger partial charge < -0.3 is 21.5 Å². The molecule has 0 saturated carbocycles. The van der Waals surface area contributed by atoms with E-state index in [0.29, 0.717) is 6.92 Å². The van der Waals surface area contributed by atoms with Crippen LogP contribution in [0.2, 0.25) is 0 Å². The highest BCUT2D eigenvalue weighted by molar-refractivity contribution is 5.86. The van der Waals surface area contributed by atoms with E-state index in [1.807, 2.05) is 5.32 Å². The van der Waals surface area contributed by atoms with Crippen LogP contribution in [0, 0.1) is 0 Å². The molecule has 17 heavy (non-hydrogen) atoms. The van der Waals surface area contributed by atoms with Gasteiger partial charge in [-0.3, -0.25) is 9.59 Å². The van der Waals surface area contributed by atoms with Crippen molar-refractivity contribution in [3.63, 3.8) is 0 Å². The predicted molar refractivity (Wildman–Crippen MR) is 51.7 cm³/mol. The zero-order chi connectivity index (χ0) is 13.7. The van der Waals surface area contributed by atoms with Crippen molar-refractivity contribution in [3.8, 4) is 0 Å². The quantitative estimate of drug-likeness (QED) is 0.524. The lowest BCUT2D eigenvalue weighted by molar-refractivity contribution is -0.187. The second kappa shape index (κ2) is 5.82. The molecule has 0 saturated heterocycles. The van der Waals surface area contributed by atoms with Gasteiger partial charge in [-0.25, -0.2) is 0 Å². The molecule has 0 heterocycles. The van der Waals surface area contributed by atoms with Crippen molar-refractivity contribution in [3.05, 3.63) is 0 Å². The Kier molecular flexibility index (Phi) is 5.36. The van der Waals surface area contributed by atoms with E-state index in [2.05, 4.69) is 4.74 Å². The number of nitrogens with two attached hydrogens (primary N) is 2. The number of ether oxygens (including phenoxy) is 1. The summed E-state index contributed by atoms with van der Waals surface area (Å²) in [6, 6.07) is 0. The maximum atomic E-state index is 12.3. The summed E-state index contributed by atoms with van der Waals surface area (Å²) in [7, 11) is 0. The Morgan fingerprint density at radius 2 is 1.88 bits per heavy atom. The normalized spacial score (nSPS) is 15.1. The largest absolute Gasteiger partial charge is 0.415 e. The Bertz CT molecular complexity index is 291. The maximum Gasteiger partial charge on any atom is 0.415 e. The molecular weight excluding hydrogens is 243 g/mol. The van der Waals surface area contributed by atoms with Crippen LogP contribution in [-0.2, 0) is 14.3 Å². The Morgan fingerprint density at radius 1 is 1.35 bits per heavy atom. The van der Waals surface area contributed by atoms with Gasteiger partial charge in [0, 0.05) is 6.54 Å². The van der Waals surface area contributed by atoms with Gasteiger partial charge in [0.05, 0.1) is 6.61 Å². The third-order valence-corrected chi connectivity index (χ3v) is 1.84. The minimum absolute atomic E-state index is 0.136. The molecule has 0 radical (unpaired) electrons. The molecule has 0 fully saturated rings. The highest BCUT2D eigenvalue weighted by atomic mass is 19.4. The Labute approximate surface area is 95.5 Å². The van der Waals surface area contributed by atoms with Gasteiger partial charge in [0.2, 0.25) is 11.8 Å². The molecule has 0 aromatic carbocycles. The number of carbonyl (C=O) groups excluding carboxylic acids is 2. The second-order valence-corrected chi connectivity index (χ2v) is 3.47. The zero-order valence-corrected chi connectivity index (χ0v) is 9.13. The molecule has 0 aromatic rings. The van der Waals surface area contributed by atoms with Gasteiger partial charge in [-0.15, -0.1) is 0 Å². The minimum Gasteiger partial charge on any atom is -0.370 e. The van der Waals surface area contributed by atoms with Gasteiger partial charge in [-0.2, -0.15) is 13.2 Å². The molecule has 6 nitrogen and oxygen atoms in total. The van der Waals surface area contributed by atoms with Gasteiger partial charge >= 0.3 is 6.18 Å². The Hall–Kier alpha value is -1.35. The van der Waals surface area contributed by atoms with Gasteiger partial charge in [0.25, 0.3) is 0 Å². The van der Waals surface area contributed by atoms with E-state index in [4.69, 9.17) is 11.5 Å². The summed E-state index contributed by atoms with van der Waals surface area (Å²) in [5.74, 6) is -2.08. The molecule has 100 valence electrons. The molecule has 0 aliphatic heterocycles. The number of amides is 2. The molecule has 0 aliphatic carbocycles. The molecule has 5 N–H and O–H groups in total. The first-order valence-electron chi connectivity index (χ1n) is 4.59. The first-order chi connectivity index (χ1) is 7.59. The van der Waals surface area contributed by atoms with Crippen molar-refractivity contribution in [1.82, 2.24) is 5.32 Å². The summed E-state index contributed by atoms with van der Waals surface area (Å²) in [6.45, 7) is -0.140. The van der Waals surface area contributed by atoms with Crippen LogP contribution in [0.3, 0.4) is 0 Å². The van der Waals surface area contributed by atoms with Crippen LogP contribution in [0.1, 0.15) is 6.92 Å². The van der Waals surface area contributed by atoms with E-state index in [-0.39, 0.29) is 19.8 Å². The number of carbonyl (C=O) groups is 2. The lowest BCUT2D eigenvalue weighted by Crippen LogP contribution is -2.61. The molecule has 0 rings (SSSR count). The fraction of sp³-hybridized carbons (Fsp3) is 0.750. The summed E-state index contributed by atoms with van der Waals surface area (Å²) in [6.07, 6.45) is -4.84. The second-order valence-electron chi connectivity index (χ2n) is 3.47. The average molecular weight is 257 g/mol. The Balaban J connectivity index is 3.99. The lowest BCUT2D eigenvalue weighted by atomic mass is 10.0. The molecule has 9 heteroatoms. The van der Waals surface area contributed by atoms with Crippen LogP contribution in [-0.4, -0.2) is 43.3 Å². The van der Waals surface area contributed by atoms with Crippen molar-refractivity contribution in [2.24, 2.45) is 11.5 Å². The lowest BCUT2D eigenvalue weighted by Gasteiger charge is -2.26. The SMILES string of the molecule is CC(N)(C(=O)NCCOCC(N)=O)C(F)(F)F. The summed E-state index contributed by atoms with van der Waals surface area (Å²) in [5, 5.41) is 1.94. The third kappa shape index (κ3) is 5.00. The average Bonchev–Trinajstić information content (AvgIpc) is 2.14. The molecule has 0 aliphatic rings. The van der Waals surface area contributed by atoms with Crippen LogP contribution in [0.4, 0.5) is 13.2 Å². The number of rotatable bonds is 6. The topological polar surface area (TPSA) is 107 Å². The number of hydrogen-bond acceptors (Lipinski definition) is 4. The predicted octanol–water partition coefficient (Wildman–Crippen LogP) is -1.12. The summed E-state index contributed by atoms with van der Waals surface area (Å²) in [4.78, 5) is 21.3.